The van der Waals surface area contributed by atoms with Gasteiger partial charge in [-0.1, -0.05) is 48.5 Å². The highest BCUT2D eigenvalue weighted by molar-refractivity contribution is 5.95. The van der Waals surface area contributed by atoms with Crippen molar-refractivity contribution in [1.29, 1.82) is 0 Å². The van der Waals surface area contributed by atoms with E-state index in [1.54, 1.807) is 32.7 Å². The zero-order valence-electron chi connectivity index (χ0n) is 19.4. The minimum Gasteiger partial charge on any atom is -0.493 e. The summed E-state index contributed by atoms with van der Waals surface area (Å²) in [5, 5.41) is 0.957. The molecule has 6 heteroatoms. The number of primary amides is 1. The molecule has 0 radical (unpaired) electrons. The molecule has 2 N–H and O–H groups in total. The van der Waals surface area contributed by atoms with E-state index in [1.807, 2.05) is 66.7 Å². The number of hydrogen-bond donors (Lipinski definition) is 1. The molecule has 1 amide bonds. The predicted molar refractivity (Wildman–Crippen MR) is 137 cm³/mol. The molecule has 0 atom stereocenters. The van der Waals surface area contributed by atoms with E-state index in [0.29, 0.717) is 17.1 Å². The molecule has 1 aromatic heterocycles. The number of nitrogens with two attached hydrogens (primary N) is 1. The quantitative estimate of drug-likeness (QED) is 0.348. The zero-order valence-corrected chi connectivity index (χ0v) is 19.4. The molecule has 172 valence electrons. The lowest BCUT2D eigenvalue weighted by Gasteiger charge is -2.11. The molecule has 0 saturated heterocycles. The van der Waals surface area contributed by atoms with Crippen LogP contribution in [0.1, 0.15) is 10.4 Å². The van der Waals surface area contributed by atoms with Gasteiger partial charge in [-0.2, -0.15) is 0 Å². The van der Waals surface area contributed by atoms with Gasteiger partial charge in [0.25, 0.3) is 0 Å². The number of benzene rings is 4. The topological polar surface area (TPSA) is 87.3 Å². The molecule has 35 heavy (non-hydrogen) atoms. The van der Waals surface area contributed by atoms with Crippen molar-refractivity contribution in [3.8, 4) is 45.0 Å². The van der Waals surface area contributed by atoms with E-state index >= 15 is 0 Å². The van der Waals surface area contributed by atoms with Crippen LogP contribution in [0.5, 0.6) is 11.5 Å². The molecule has 0 aliphatic rings. The third-order valence-electron chi connectivity index (χ3n) is 6.01. The fourth-order valence-electron chi connectivity index (χ4n) is 4.13. The van der Waals surface area contributed by atoms with E-state index in [0.717, 1.165) is 44.4 Å². The van der Waals surface area contributed by atoms with Gasteiger partial charge in [0.2, 0.25) is 5.91 Å². The van der Waals surface area contributed by atoms with Crippen LogP contribution in [0.3, 0.4) is 0 Å². The summed E-state index contributed by atoms with van der Waals surface area (Å²) >= 11 is 0. The standard InChI is InChI=1S/C29H23N3O3/c1-34-26-14-12-23(16-27(26)35-2)22-11-13-25-24(15-22)28(32-17-31-25)20-7-3-18(4-8-20)19-5-9-21(10-6-19)29(30)33/h3-17H,1-2H3,(H2,30,33). The normalized spacial score (nSPS) is 10.8. The average molecular weight is 462 g/mol. The molecule has 0 aliphatic heterocycles. The third kappa shape index (κ3) is 4.29. The first-order valence-corrected chi connectivity index (χ1v) is 11.0. The van der Waals surface area contributed by atoms with Gasteiger partial charge < -0.3 is 15.2 Å². The van der Waals surface area contributed by atoms with Crippen molar-refractivity contribution < 1.29 is 14.3 Å². The number of fused-ring (bicyclic) bond motifs is 1. The maximum Gasteiger partial charge on any atom is 0.248 e. The van der Waals surface area contributed by atoms with Crippen LogP contribution in [0.2, 0.25) is 0 Å². The maximum atomic E-state index is 11.3. The Labute approximate surface area is 203 Å². The SMILES string of the molecule is COc1ccc(-c2ccc3ncnc(-c4ccc(-c5ccc(C(N)=O)cc5)cc4)c3c2)cc1OC. The van der Waals surface area contributed by atoms with Crippen molar-refractivity contribution in [2.75, 3.05) is 14.2 Å². The van der Waals surface area contributed by atoms with Gasteiger partial charge in [-0.15, -0.1) is 0 Å². The second-order valence-corrected chi connectivity index (χ2v) is 8.04. The Hall–Kier alpha value is -4.71. The van der Waals surface area contributed by atoms with Crippen molar-refractivity contribution in [1.82, 2.24) is 9.97 Å². The molecule has 5 rings (SSSR count). The molecule has 1 heterocycles. The summed E-state index contributed by atoms with van der Waals surface area (Å²) in [5.74, 6) is 0.925. The Balaban J connectivity index is 1.52. The summed E-state index contributed by atoms with van der Waals surface area (Å²) < 4.78 is 10.8. The van der Waals surface area contributed by atoms with Gasteiger partial charge in [-0.25, -0.2) is 9.97 Å². The molecular weight excluding hydrogens is 438 g/mol. The summed E-state index contributed by atoms with van der Waals surface area (Å²) in [4.78, 5) is 20.4. The number of carbonyl (C=O) groups is 1. The fourth-order valence-corrected chi connectivity index (χ4v) is 4.13. The van der Waals surface area contributed by atoms with Crippen LogP contribution >= 0.6 is 0 Å². The first-order valence-electron chi connectivity index (χ1n) is 11.0. The smallest absolute Gasteiger partial charge is 0.248 e. The van der Waals surface area contributed by atoms with Crippen molar-refractivity contribution in [2.45, 2.75) is 0 Å². The number of hydrogen-bond acceptors (Lipinski definition) is 5. The Bertz CT molecular complexity index is 1530. The summed E-state index contributed by atoms with van der Waals surface area (Å²) in [6.45, 7) is 0. The molecule has 5 aromatic rings. The van der Waals surface area contributed by atoms with Gasteiger partial charge in [-0.3, -0.25) is 4.79 Å². The number of rotatable bonds is 6. The van der Waals surface area contributed by atoms with E-state index in [9.17, 15) is 4.79 Å². The van der Waals surface area contributed by atoms with Crippen LogP contribution in [-0.4, -0.2) is 30.1 Å². The summed E-state index contributed by atoms with van der Waals surface area (Å²) in [7, 11) is 3.25. The average Bonchev–Trinajstić information content (AvgIpc) is 2.92. The van der Waals surface area contributed by atoms with Gasteiger partial charge in [-0.05, 0) is 58.7 Å². The first-order chi connectivity index (χ1) is 17.1. The Morgan fingerprint density at radius 1 is 0.657 bits per heavy atom. The van der Waals surface area contributed by atoms with Crippen LogP contribution in [0.15, 0.2) is 91.3 Å². The predicted octanol–water partition coefficient (Wildman–Crippen LogP) is 5.75. The highest BCUT2D eigenvalue weighted by Gasteiger charge is 2.11. The van der Waals surface area contributed by atoms with E-state index in [2.05, 4.69) is 16.0 Å². The second-order valence-electron chi connectivity index (χ2n) is 8.04. The van der Waals surface area contributed by atoms with Gasteiger partial charge in [0.15, 0.2) is 11.5 Å². The van der Waals surface area contributed by atoms with Crippen LogP contribution < -0.4 is 15.2 Å². The molecule has 0 fully saturated rings. The Morgan fingerprint density at radius 2 is 1.23 bits per heavy atom. The number of aromatic nitrogens is 2. The second kappa shape index (κ2) is 9.27. The van der Waals surface area contributed by atoms with Gasteiger partial charge in [0, 0.05) is 16.5 Å². The summed E-state index contributed by atoms with van der Waals surface area (Å²) in [6.07, 6.45) is 1.59. The Morgan fingerprint density at radius 3 is 1.89 bits per heavy atom. The number of methoxy groups -OCH3 is 2. The maximum absolute atomic E-state index is 11.3. The molecule has 0 bridgehead atoms. The monoisotopic (exact) mass is 461 g/mol. The van der Waals surface area contributed by atoms with Crippen molar-refractivity contribution in [3.05, 3.63) is 96.8 Å². The molecule has 0 aliphatic carbocycles. The molecule has 4 aromatic carbocycles. The summed E-state index contributed by atoms with van der Waals surface area (Å²) in [6, 6.07) is 27.4. The van der Waals surface area contributed by atoms with Crippen LogP contribution in [0, 0.1) is 0 Å². The fraction of sp³-hybridized carbons (Fsp3) is 0.0690. The van der Waals surface area contributed by atoms with Crippen molar-refractivity contribution >= 4 is 16.8 Å². The van der Waals surface area contributed by atoms with E-state index in [-0.39, 0.29) is 0 Å². The number of amides is 1. The third-order valence-corrected chi connectivity index (χ3v) is 6.01. The Kier molecular flexibility index (Phi) is 5.85. The number of carbonyl (C=O) groups excluding carboxylic acids is 1. The molecule has 0 spiro atoms. The largest absolute Gasteiger partial charge is 0.493 e. The van der Waals surface area contributed by atoms with E-state index in [4.69, 9.17) is 15.2 Å². The lowest BCUT2D eigenvalue weighted by Crippen LogP contribution is -2.10. The van der Waals surface area contributed by atoms with Gasteiger partial charge in [0.05, 0.1) is 25.4 Å². The van der Waals surface area contributed by atoms with Crippen molar-refractivity contribution in [3.63, 3.8) is 0 Å². The number of ether oxygens (including phenoxy) is 2. The summed E-state index contributed by atoms with van der Waals surface area (Å²) in [5.41, 5.74) is 12.6. The van der Waals surface area contributed by atoms with Crippen molar-refractivity contribution in [2.24, 2.45) is 5.73 Å². The van der Waals surface area contributed by atoms with Crippen LogP contribution in [0.4, 0.5) is 0 Å². The number of nitrogens with zero attached hydrogens (tertiary/aromatic N) is 2. The van der Waals surface area contributed by atoms with Gasteiger partial charge >= 0.3 is 0 Å². The molecule has 6 nitrogen and oxygen atoms in total. The minimum absolute atomic E-state index is 0.435. The highest BCUT2D eigenvalue weighted by Crippen LogP contribution is 2.35. The van der Waals surface area contributed by atoms with Gasteiger partial charge in [0.1, 0.15) is 6.33 Å². The van der Waals surface area contributed by atoms with E-state index < -0.39 is 5.91 Å². The van der Waals surface area contributed by atoms with Crippen LogP contribution in [0.25, 0.3) is 44.4 Å². The minimum atomic E-state index is -0.435. The van der Waals surface area contributed by atoms with Crippen LogP contribution in [-0.2, 0) is 0 Å². The first kappa shape index (κ1) is 22.1. The van der Waals surface area contributed by atoms with E-state index in [1.165, 1.54) is 0 Å². The lowest BCUT2D eigenvalue weighted by atomic mass is 9.98. The molecule has 0 saturated carbocycles. The molecular formula is C29H23N3O3. The lowest BCUT2D eigenvalue weighted by molar-refractivity contribution is 0.100. The zero-order chi connectivity index (χ0) is 24.4. The molecule has 0 unspecified atom stereocenters. The highest BCUT2D eigenvalue weighted by atomic mass is 16.5.